The van der Waals surface area contributed by atoms with Gasteiger partial charge in [-0.15, -0.1) is 0 Å². The van der Waals surface area contributed by atoms with Crippen LogP contribution in [0.5, 0.6) is 0 Å². The third-order valence-corrected chi connectivity index (χ3v) is 2.08. The number of hydrogen-bond donors (Lipinski definition) is 1. The second kappa shape index (κ2) is 14.7. The van der Waals surface area contributed by atoms with E-state index in [4.69, 9.17) is 4.74 Å². The molecule has 0 aliphatic carbocycles. The van der Waals surface area contributed by atoms with Gasteiger partial charge in [0.05, 0.1) is 12.4 Å². The van der Waals surface area contributed by atoms with Crippen molar-refractivity contribution in [2.75, 3.05) is 12.4 Å². The third kappa shape index (κ3) is 26.3. The summed E-state index contributed by atoms with van der Waals surface area (Å²) in [4.78, 5) is 17.7. The number of carbonyl (C=O) groups is 1. The number of rotatable bonds is 7. The summed E-state index contributed by atoms with van der Waals surface area (Å²) in [5.74, 6) is 0.749. The SMILES string of the molecule is CC(C)CCCCCOC(=O)CS.[CH3][Sn]([CH3])[CH3]. The molecule has 0 aromatic carbocycles. The van der Waals surface area contributed by atoms with Crippen LogP contribution in [-0.4, -0.2) is 38.1 Å². The molecule has 0 heterocycles. The van der Waals surface area contributed by atoms with Crippen LogP contribution in [0.3, 0.4) is 0 Å². The van der Waals surface area contributed by atoms with E-state index in [1.165, 1.54) is 12.8 Å². The number of unbranched alkanes of at least 4 members (excludes halogenated alkanes) is 2. The molecule has 103 valence electrons. The molecular formula is C13H29O2SSn. The Hall–Kier alpha value is 0.619. The van der Waals surface area contributed by atoms with E-state index >= 15 is 0 Å². The molecule has 0 aliphatic rings. The molecule has 1 radical (unpaired) electrons. The zero-order chi connectivity index (χ0) is 13.7. The molecule has 0 aromatic rings. The van der Waals surface area contributed by atoms with Crippen LogP contribution in [0, 0.1) is 5.92 Å². The van der Waals surface area contributed by atoms with Gasteiger partial charge in [0.2, 0.25) is 0 Å². The van der Waals surface area contributed by atoms with Crippen molar-refractivity contribution in [1.29, 1.82) is 0 Å². The molecule has 0 atom stereocenters. The van der Waals surface area contributed by atoms with Gasteiger partial charge in [0.25, 0.3) is 0 Å². The summed E-state index contributed by atoms with van der Waals surface area (Å²) in [5.41, 5.74) is 0. The van der Waals surface area contributed by atoms with Gasteiger partial charge < -0.3 is 4.74 Å². The molecule has 17 heavy (non-hydrogen) atoms. The second-order valence-electron chi connectivity index (χ2n) is 5.12. The van der Waals surface area contributed by atoms with Gasteiger partial charge in [-0.1, -0.05) is 33.1 Å². The van der Waals surface area contributed by atoms with Crippen molar-refractivity contribution in [3.63, 3.8) is 0 Å². The minimum absolute atomic E-state index is 0.187. The van der Waals surface area contributed by atoms with E-state index in [1.807, 2.05) is 0 Å². The zero-order valence-electron chi connectivity index (χ0n) is 12.1. The van der Waals surface area contributed by atoms with Crippen molar-refractivity contribution in [2.45, 2.75) is 54.3 Å². The van der Waals surface area contributed by atoms with Crippen molar-refractivity contribution < 1.29 is 9.53 Å². The van der Waals surface area contributed by atoms with Crippen LogP contribution in [0.15, 0.2) is 0 Å². The minimum atomic E-state index is -0.543. The zero-order valence-corrected chi connectivity index (χ0v) is 15.8. The molecule has 0 spiro atoms. The number of hydrogen-bond acceptors (Lipinski definition) is 3. The Balaban J connectivity index is 0. The quantitative estimate of drug-likeness (QED) is 0.318. The first-order valence-electron chi connectivity index (χ1n) is 6.43. The first kappa shape index (κ1) is 19.9. The second-order valence-corrected chi connectivity index (χ2v) is 14.0. The van der Waals surface area contributed by atoms with Crippen LogP contribution < -0.4 is 0 Å². The Kier molecular flexibility index (Phi) is 17.2. The molecule has 0 rings (SSSR count). The van der Waals surface area contributed by atoms with Crippen molar-refractivity contribution in [3.05, 3.63) is 0 Å². The van der Waals surface area contributed by atoms with E-state index in [2.05, 4.69) is 41.3 Å². The van der Waals surface area contributed by atoms with Gasteiger partial charge in [-0.25, -0.2) is 0 Å². The van der Waals surface area contributed by atoms with Gasteiger partial charge in [-0.3, -0.25) is 4.79 Å². The van der Waals surface area contributed by atoms with Gasteiger partial charge in [0.15, 0.2) is 0 Å². The Bertz CT molecular complexity index is 170. The maximum absolute atomic E-state index is 10.7. The molecule has 4 heteroatoms. The maximum atomic E-state index is 10.7. The predicted molar refractivity (Wildman–Crippen MR) is 81.5 cm³/mol. The van der Waals surface area contributed by atoms with Crippen molar-refractivity contribution in [1.82, 2.24) is 0 Å². The van der Waals surface area contributed by atoms with E-state index in [0.29, 0.717) is 6.61 Å². The number of ether oxygens (including phenoxy) is 1. The standard InChI is InChI=1S/C10H20O2S.3CH3.Sn/c1-9(2)6-4-3-5-7-12-10(11)8-13;;;;/h9,13H,3-8H2,1-2H3;3*1H3;. The fourth-order valence-corrected chi connectivity index (χ4v) is 1.15. The fourth-order valence-electron chi connectivity index (χ4n) is 1.06. The molecule has 0 amide bonds. The van der Waals surface area contributed by atoms with Crippen LogP contribution >= 0.6 is 12.6 Å². The summed E-state index contributed by atoms with van der Waals surface area (Å²) < 4.78 is 4.88. The van der Waals surface area contributed by atoms with Gasteiger partial charge in [-0.05, 0) is 12.3 Å². The number of thiol groups is 1. The first-order chi connectivity index (χ1) is 7.90. The average Bonchev–Trinajstić information content (AvgIpc) is 2.21. The van der Waals surface area contributed by atoms with E-state index in [9.17, 15) is 4.79 Å². The molecule has 2 nitrogen and oxygen atoms in total. The molecule has 0 unspecified atom stereocenters. The van der Waals surface area contributed by atoms with Gasteiger partial charge in [-0.2, -0.15) is 12.6 Å². The monoisotopic (exact) mass is 369 g/mol. The molecule has 0 bridgehead atoms. The predicted octanol–water partition coefficient (Wildman–Crippen LogP) is 4.05. The number of esters is 1. The van der Waals surface area contributed by atoms with Gasteiger partial charge in [0.1, 0.15) is 0 Å². The Morgan fingerprint density at radius 3 is 2.12 bits per heavy atom. The Morgan fingerprint density at radius 1 is 1.18 bits per heavy atom. The summed E-state index contributed by atoms with van der Waals surface area (Å²) in [6.07, 6.45) is 4.63. The first-order valence-corrected chi connectivity index (χ1v) is 15.6. The number of carbonyl (C=O) groups excluding carboxylic acids is 1. The van der Waals surface area contributed by atoms with E-state index in [1.54, 1.807) is 0 Å². The van der Waals surface area contributed by atoms with Crippen LogP contribution in [0.25, 0.3) is 0 Å². The van der Waals surface area contributed by atoms with E-state index < -0.39 is 19.8 Å². The summed E-state index contributed by atoms with van der Waals surface area (Å²) in [6.45, 7) is 5.00. The fraction of sp³-hybridized carbons (Fsp3) is 0.923. The van der Waals surface area contributed by atoms with Crippen LogP contribution in [-0.2, 0) is 9.53 Å². The molecule has 0 N–H and O–H groups in total. The summed E-state index contributed by atoms with van der Waals surface area (Å²) in [6, 6.07) is 0. The summed E-state index contributed by atoms with van der Waals surface area (Å²) in [7, 11) is 0. The van der Waals surface area contributed by atoms with Crippen LogP contribution in [0.4, 0.5) is 0 Å². The Labute approximate surface area is 120 Å². The van der Waals surface area contributed by atoms with E-state index in [0.717, 1.165) is 18.8 Å². The van der Waals surface area contributed by atoms with Crippen LogP contribution in [0.2, 0.25) is 14.8 Å². The molecule has 0 fully saturated rings. The Morgan fingerprint density at radius 2 is 1.71 bits per heavy atom. The summed E-state index contributed by atoms with van der Waals surface area (Å²) >= 11 is 3.27. The normalized spacial score (nSPS) is 10.1. The van der Waals surface area contributed by atoms with Crippen molar-refractivity contribution >= 4 is 38.4 Å². The third-order valence-electron chi connectivity index (χ3n) is 1.82. The van der Waals surface area contributed by atoms with Gasteiger partial charge in [0, 0.05) is 0 Å². The van der Waals surface area contributed by atoms with Gasteiger partial charge >= 0.3 is 40.5 Å². The van der Waals surface area contributed by atoms with E-state index in [-0.39, 0.29) is 11.7 Å². The van der Waals surface area contributed by atoms with Crippen molar-refractivity contribution in [2.24, 2.45) is 5.92 Å². The molecule has 0 aromatic heterocycles. The molecule has 0 saturated heterocycles. The molecule has 0 aliphatic heterocycles. The van der Waals surface area contributed by atoms with Crippen molar-refractivity contribution in [3.8, 4) is 0 Å². The summed E-state index contributed by atoms with van der Waals surface area (Å²) in [5, 5.41) is 0. The molecular weight excluding hydrogens is 339 g/mol. The van der Waals surface area contributed by atoms with Crippen LogP contribution in [0.1, 0.15) is 39.5 Å². The average molecular weight is 368 g/mol. The topological polar surface area (TPSA) is 26.3 Å². The molecule has 0 saturated carbocycles.